The van der Waals surface area contributed by atoms with E-state index in [0.29, 0.717) is 49.7 Å². The fourth-order valence-corrected chi connectivity index (χ4v) is 5.02. The molecule has 40 heavy (non-hydrogen) atoms. The molecule has 11 heteroatoms. The minimum atomic E-state index is -0.346. The molecule has 5 aromatic rings. The topological polar surface area (TPSA) is 126 Å². The molecular weight excluding hydrogens is 508 g/mol. The van der Waals surface area contributed by atoms with E-state index in [2.05, 4.69) is 51.8 Å². The van der Waals surface area contributed by atoms with E-state index < -0.39 is 0 Å². The third kappa shape index (κ3) is 5.24. The number of H-pyrrole nitrogens is 1. The molecule has 11 nitrogen and oxygen atoms in total. The molecule has 0 aliphatic carbocycles. The predicted molar refractivity (Wildman–Crippen MR) is 153 cm³/mol. The van der Waals surface area contributed by atoms with Gasteiger partial charge in [0.1, 0.15) is 5.82 Å². The van der Waals surface area contributed by atoms with Crippen molar-refractivity contribution in [2.24, 2.45) is 5.92 Å². The van der Waals surface area contributed by atoms with Gasteiger partial charge >= 0.3 is 5.69 Å². The van der Waals surface area contributed by atoms with Crippen molar-refractivity contribution in [2.45, 2.75) is 53.2 Å². The van der Waals surface area contributed by atoms with Gasteiger partial charge < -0.3 is 9.30 Å². The number of ether oxygens (including phenoxy) is 1. The molecule has 5 rings (SSSR count). The van der Waals surface area contributed by atoms with Gasteiger partial charge in [-0.25, -0.2) is 14.9 Å². The van der Waals surface area contributed by atoms with Crippen LogP contribution in [0.2, 0.25) is 0 Å². The molecule has 0 unspecified atom stereocenters. The van der Waals surface area contributed by atoms with E-state index in [-0.39, 0.29) is 17.2 Å². The van der Waals surface area contributed by atoms with Gasteiger partial charge in [-0.05, 0) is 39.5 Å². The van der Waals surface area contributed by atoms with E-state index >= 15 is 0 Å². The molecule has 208 valence electrons. The smallest absolute Gasteiger partial charge is 0.332 e. The lowest BCUT2D eigenvalue weighted by atomic mass is 9.98. The fourth-order valence-electron chi connectivity index (χ4n) is 5.02. The van der Waals surface area contributed by atoms with Crippen LogP contribution in [0, 0.1) is 5.92 Å². The van der Waals surface area contributed by atoms with E-state index in [1.165, 1.54) is 4.57 Å². The van der Waals surface area contributed by atoms with Crippen molar-refractivity contribution in [3.63, 3.8) is 0 Å². The van der Waals surface area contributed by atoms with E-state index in [1.807, 2.05) is 42.7 Å². The number of hydrogen-bond acceptors (Lipinski definition) is 7. The molecule has 0 bridgehead atoms. The molecular formula is C29H34N8O3. The first-order valence-electron chi connectivity index (χ1n) is 13.6. The number of methoxy groups -OCH3 is 1. The normalized spacial score (nSPS) is 11.6. The van der Waals surface area contributed by atoms with Gasteiger partial charge in [-0.15, -0.1) is 5.10 Å². The molecule has 0 fully saturated rings. The number of nitrogens with zero attached hydrogens (tertiary/aromatic N) is 7. The summed E-state index contributed by atoms with van der Waals surface area (Å²) in [6.07, 6.45) is 1.55. The van der Waals surface area contributed by atoms with E-state index in [4.69, 9.17) is 9.72 Å². The molecule has 0 atom stereocenters. The SMILES string of the molecule is CCCc1nc2c(c(=O)n(CC(C)C)c(=O)n2CCOC)n1Cc1ccc(-c2ccccc2-c2nnn[nH]2)cc1. The first-order chi connectivity index (χ1) is 19.4. The minimum absolute atomic E-state index is 0.133. The summed E-state index contributed by atoms with van der Waals surface area (Å²) in [6, 6.07) is 16.2. The van der Waals surface area contributed by atoms with Gasteiger partial charge in [0.2, 0.25) is 0 Å². The lowest BCUT2D eigenvalue weighted by Crippen LogP contribution is -2.42. The molecule has 0 saturated heterocycles. The van der Waals surface area contributed by atoms with E-state index in [1.54, 1.807) is 11.7 Å². The van der Waals surface area contributed by atoms with Gasteiger partial charge in [-0.2, -0.15) is 0 Å². The number of benzene rings is 2. The number of fused-ring (bicyclic) bond motifs is 1. The number of aryl methyl sites for hydroxylation is 1. The average molecular weight is 543 g/mol. The zero-order chi connectivity index (χ0) is 28.2. The monoisotopic (exact) mass is 542 g/mol. The van der Waals surface area contributed by atoms with Gasteiger partial charge in [0.25, 0.3) is 5.56 Å². The number of tetrazole rings is 1. The maximum Gasteiger partial charge on any atom is 0.332 e. The summed E-state index contributed by atoms with van der Waals surface area (Å²) >= 11 is 0. The van der Waals surface area contributed by atoms with Gasteiger partial charge in [0.15, 0.2) is 17.0 Å². The van der Waals surface area contributed by atoms with Gasteiger partial charge in [0.05, 0.1) is 13.2 Å². The molecule has 0 saturated carbocycles. The predicted octanol–water partition coefficient (Wildman–Crippen LogP) is 3.51. The number of nitrogens with one attached hydrogen (secondary N) is 1. The second-order valence-electron chi connectivity index (χ2n) is 10.3. The first-order valence-corrected chi connectivity index (χ1v) is 13.6. The van der Waals surface area contributed by atoms with Crippen molar-refractivity contribution in [2.75, 3.05) is 13.7 Å². The van der Waals surface area contributed by atoms with Crippen molar-refractivity contribution in [1.82, 2.24) is 39.3 Å². The molecule has 0 aliphatic heterocycles. The summed E-state index contributed by atoms with van der Waals surface area (Å²) in [5, 5.41) is 14.3. The van der Waals surface area contributed by atoms with Crippen LogP contribution in [0.5, 0.6) is 0 Å². The maximum absolute atomic E-state index is 13.8. The Bertz CT molecular complexity index is 1710. The van der Waals surface area contributed by atoms with Crippen LogP contribution in [0.15, 0.2) is 58.1 Å². The zero-order valence-electron chi connectivity index (χ0n) is 23.3. The van der Waals surface area contributed by atoms with Crippen molar-refractivity contribution >= 4 is 11.2 Å². The zero-order valence-corrected chi connectivity index (χ0v) is 23.3. The third-order valence-corrected chi connectivity index (χ3v) is 6.87. The molecule has 0 spiro atoms. The quantitative estimate of drug-likeness (QED) is 0.271. The third-order valence-electron chi connectivity index (χ3n) is 6.87. The highest BCUT2D eigenvalue weighted by Crippen LogP contribution is 2.30. The van der Waals surface area contributed by atoms with Crippen molar-refractivity contribution < 1.29 is 4.74 Å². The highest BCUT2D eigenvalue weighted by Gasteiger charge is 2.22. The standard InChI is InChI=1S/C29H34N8O3/c1-5-8-24-30-27-25(28(38)37(17-19(2)3)29(39)35(27)15-16-40-4)36(24)18-20-11-13-21(14-12-20)22-9-6-7-10-23(22)26-31-33-34-32-26/h6-7,9-14,19H,5,8,15-18H2,1-4H3,(H,31,32,33,34). The van der Waals surface area contributed by atoms with Gasteiger partial charge in [-0.3, -0.25) is 13.9 Å². The Hall–Kier alpha value is -4.38. The van der Waals surface area contributed by atoms with Crippen LogP contribution >= 0.6 is 0 Å². The number of imidazole rings is 1. The van der Waals surface area contributed by atoms with E-state index in [0.717, 1.165) is 34.5 Å². The fraction of sp³-hybridized carbons (Fsp3) is 0.379. The summed E-state index contributed by atoms with van der Waals surface area (Å²) in [5.74, 6) is 1.52. The Morgan fingerprint density at radius 3 is 2.38 bits per heavy atom. The Kier molecular flexibility index (Phi) is 8.01. The largest absolute Gasteiger partial charge is 0.383 e. The highest BCUT2D eigenvalue weighted by molar-refractivity contribution is 5.80. The number of aromatic amines is 1. The number of aromatic nitrogens is 8. The van der Waals surface area contributed by atoms with Crippen molar-refractivity contribution in [1.29, 1.82) is 0 Å². The van der Waals surface area contributed by atoms with Gasteiger partial charge in [-0.1, -0.05) is 69.3 Å². The first kappa shape index (κ1) is 27.2. The van der Waals surface area contributed by atoms with Gasteiger partial charge in [0, 0.05) is 32.2 Å². The number of rotatable bonds is 11. The van der Waals surface area contributed by atoms with E-state index in [9.17, 15) is 9.59 Å². The number of hydrogen-bond donors (Lipinski definition) is 1. The molecule has 2 aromatic carbocycles. The highest BCUT2D eigenvalue weighted by atomic mass is 16.5. The minimum Gasteiger partial charge on any atom is -0.383 e. The maximum atomic E-state index is 13.8. The second kappa shape index (κ2) is 11.8. The van der Waals surface area contributed by atoms with Crippen molar-refractivity contribution in [3.05, 3.63) is 80.8 Å². The Labute approximate surface area is 231 Å². The molecule has 0 aliphatic rings. The molecule has 3 heterocycles. The molecule has 0 amide bonds. The summed E-state index contributed by atoms with van der Waals surface area (Å²) < 4.78 is 10.2. The van der Waals surface area contributed by atoms with Crippen LogP contribution in [0.25, 0.3) is 33.7 Å². The molecule has 3 aromatic heterocycles. The van der Waals surface area contributed by atoms with Crippen LogP contribution in [0.1, 0.15) is 38.6 Å². The Balaban J connectivity index is 1.59. The summed E-state index contributed by atoms with van der Waals surface area (Å²) in [7, 11) is 1.60. The van der Waals surface area contributed by atoms with Crippen LogP contribution < -0.4 is 11.2 Å². The summed E-state index contributed by atoms with van der Waals surface area (Å²) in [6.45, 7) is 7.53. The van der Waals surface area contributed by atoms with Crippen molar-refractivity contribution in [3.8, 4) is 22.5 Å². The van der Waals surface area contributed by atoms with Crippen LogP contribution in [0.4, 0.5) is 0 Å². The molecule has 0 radical (unpaired) electrons. The van der Waals surface area contributed by atoms with Crippen LogP contribution in [-0.4, -0.2) is 53.0 Å². The lowest BCUT2D eigenvalue weighted by Gasteiger charge is -2.14. The molecule has 1 N–H and O–H groups in total. The average Bonchev–Trinajstić information content (AvgIpc) is 3.61. The van der Waals surface area contributed by atoms with Crippen LogP contribution in [-0.2, 0) is 30.8 Å². The second-order valence-corrected chi connectivity index (χ2v) is 10.3. The lowest BCUT2D eigenvalue weighted by molar-refractivity contribution is 0.186. The Morgan fingerprint density at radius 1 is 0.975 bits per heavy atom. The summed E-state index contributed by atoms with van der Waals surface area (Å²) in [4.78, 5) is 32.0. The summed E-state index contributed by atoms with van der Waals surface area (Å²) in [5.41, 5.74) is 4.17. The van der Waals surface area contributed by atoms with Crippen LogP contribution in [0.3, 0.4) is 0 Å². The Morgan fingerprint density at radius 2 is 1.73 bits per heavy atom.